The van der Waals surface area contributed by atoms with E-state index in [1.54, 1.807) is 6.07 Å². The zero-order valence-corrected chi connectivity index (χ0v) is 11.8. The third-order valence-corrected chi connectivity index (χ3v) is 3.42. The van der Waals surface area contributed by atoms with Gasteiger partial charge in [-0.05, 0) is 17.5 Å². The Labute approximate surface area is 123 Å². The first-order chi connectivity index (χ1) is 10.3. The van der Waals surface area contributed by atoms with Crippen molar-refractivity contribution in [1.29, 1.82) is 0 Å². The molecule has 3 nitrogen and oxygen atoms in total. The summed E-state index contributed by atoms with van der Waals surface area (Å²) in [5, 5.41) is 0. The summed E-state index contributed by atoms with van der Waals surface area (Å²) >= 11 is 0. The van der Waals surface area contributed by atoms with E-state index in [1.807, 2.05) is 49.4 Å². The minimum absolute atomic E-state index is 0.107. The smallest absolute Gasteiger partial charge is 0.251 e. The summed E-state index contributed by atoms with van der Waals surface area (Å²) < 4.78 is 0. The van der Waals surface area contributed by atoms with Gasteiger partial charge in [-0.3, -0.25) is 4.79 Å². The number of hydrogen-bond acceptors (Lipinski definition) is 2. The predicted octanol–water partition coefficient (Wildman–Crippen LogP) is 3.67. The van der Waals surface area contributed by atoms with Gasteiger partial charge in [0.25, 0.3) is 5.56 Å². The van der Waals surface area contributed by atoms with Crippen molar-refractivity contribution in [2.24, 2.45) is 0 Å². The number of aryl methyl sites for hydroxylation is 1. The molecule has 1 aromatic heterocycles. The van der Waals surface area contributed by atoms with Crippen LogP contribution in [0.2, 0.25) is 0 Å². The van der Waals surface area contributed by atoms with Crippen LogP contribution in [0.15, 0.2) is 65.5 Å². The number of benzene rings is 2. The van der Waals surface area contributed by atoms with Crippen LogP contribution in [0.3, 0.4) is 0 Å². The molecule has 1 heterocycles. The van der Waals surface area contributed by atoms with Gasteiger partial charge in [-0.2, -0.15) is 0 Å². The Kier molecular flexibility index (Phi) is 3.65. The molecule has 0 amide bonds. The number of H-pyrrole nitrogens is 1. The van der Waals surface area contributed by atoms with Crippen LogP contribution in [0.1, 0.15) is 12.6 Å². The summed E-state index contributed by atoms with van der Waals surface area (Å²) in [5.74, 6) is 0.624. The lowest BCUT2D eigenvalue weighted by Gasteiger charge is -2.05. The van der Waals surface area contributed by atoms with Crippen molar-refractivity contribution in [2.45, 2.75) is 13.3 Å². The van der Waals surface area contributed by atoms with Gasteiger partial charge in [0, 0.05) is 17.3 Å². The minimum atomic E-state index is -0.107. The van der Waals surface area contributed by atoms with Crippen LogP contribution >= 0.6 is 0 Å². The third-order valence-electron chi connectivity index (χ3n) is 3.42. The average Bonchev–Trinajstić information content (AvgIpc) is 2.55. The summed E-state index contributed by atoms with van der Waals surface area (Å²) in [7, 11) is 0. The molecule has 3 heteroatoms. The van der Waals surface area contributed by atoms with Gasteiger partial charge in [0.2, 0.25) is 0 Å². The number of aromatic nitrogens is 2. The summed E-state index contributed by atoms with van der Waals surface area (Å²) in [6.07, 6.45) is 0.749. The first-order valence-corrected chi connectivity index (χ1v) is 7.02. The second-order valence-corrected chi connectivity index (χ2v) is 4.88. The van der Waals surface area contributed by atoms with E-state index in [0.29, 0.717) is 5.82 Å². The highest BCUT2D eigenvalue weighted by Gasteiger charge is 2.04. The molecular weight excluding hydrogens is 260 g/mol. The Balaban J connectivity index is 1.98. The molecule has 0 bridgehead atoms. The molecule has 0 saturated carbocycles. The molecule has 104 valence electrons. The Morgan fingerprint density at radius 2 is 1.52 bits per heavy atom. The highest BCUT2D eigenvalue weighted by atomic mass is 16.1. The number of hydrogen-bond donors (Lipinski definition) is 1. The van der Waals surface area contributed by atoms with E-state index in [2.05, 4.69) is 22.1 Å². The second-order valence-electron chi connectivity index (χ2n) is 4.88. The van der Waals surface area contributed by atoms with Crippen LogP contribution in [0, 0.1) is 0 Å². The summed E-state index contributed by atoms with van der Waals surface area (Å²) in [5.41, 5.74) is 3.94. The molecule has 0 spiro atoms. The molecule has 21 heavy (non-hydrogen) atoms. The maximum Gasteiger partial charge on any atom is 0.251 e. The van der Waals surface area contributed by atoms with Gasteiger partial charge in [-0.25, -0.2) is 4.98 Å². The molecule has 0 aliphatic carbocycles. The monoisotopic (exact) mass is 276 g/mol. The van der Waals surface area contributed by atoms with E-state index in [4.69, 9.17) is 0 Å². The molecule has 0 fully saturated rings. The molecule has 2 aromatic carbocycles. The van der Waals surface area contributed by atoms with Crippen molar-refractivity contribution in [1.82, 2.24) is 9.97 Å². The minimum Gasteiger partial charge on any atom is -0.307 e. The van der Waals surface area contributed by atoms with Crippen molar-refractivity contribution in [3.05, 3.63) is 76.7 Å². The van der Waals surface area contributed by atoms with Gasteiger partial charge < -0.3 is 4.98 Å². The lowest BCUT2D eigenvalue weighted by molar-refractivity contribution is 0.987. The lowest BCUT2D eigenvalue weighted by Crippen LogP contribution is -2.09. The standard InChI is InChI=1S/C18H16N2O/c1-2-16-12-17(21)20-18(19-16)15-10-8-14(9-11-15)13-6-4-3-5-7-13/h3-12H,2H2,1H3,(H,19,20,21). The van der Waals surface area contributed by atoms with Crippen molar-refractivity contribution in [3.8, 4) is 22.5 Å². The molecule has 3 rings (SSSR count). The summed E-state index contributed by atoms with van der Waals surface area (Å²) in [6, 6.07) is 19.8. The van der Waals surface area contributed by atoms with E-state index in [1.165, 1.54) is 5.56 Å². The Bertz CT molecular complexity index is 789. The quantitative estimate of drug-likeness (QED) is 0.793. The van der Waals surface area contributed by atoms with Crippen molar-refractivity contribution < 1.29 is 0 Å². The number of nitrogens with one attached hydrogen (secondary N) is 1. The molecule has 0 aliphatic heterocycles. The molecule has 3 aromatic rings. The SMILES string of the molecule is CCc1cc(=O)[nH]c(-c2ccc(-c3ccccc3)cc2)n1. The number of rotatable bonds is 3. The van der Waals surface area contributed by atoms with E-state index in [-0.39, 0.29) is 5.56 Å². The van der Waals surface area contributed by atoms with Gasteiger partial charge >= 0.3 is 0 Å². The van der Waals surface area contributed by atoms with Crippen molar-refractivity contribution in [2.75, 3.05) is 0 Å². The third kappa shape index (κ3) is 2.92. The van der Waals surface area contributed by atoms with E-state index in [9.17, 15) is 4.79 Å². The maximum atomic E-state index is 11.6. The van der Waals surface area contributed by atoms with Crippen LogP contribution in [0.4, 0.5) is 0 Å². The van der Waals surface area contributed by atoms with Gasteiger partial charge in [0.1, 0.15) is 5.82 Å². The van der Waals surface area contributed by atoms with Crippen LogP contribution < -0.4 is 5.56 Å². The number of nitrogens with zero attached hydrogens (tertiary/aromatic N) is 1. The zero-order valence-electron chi connectivity index (χ0n) is 11.8. The molecular formula is C18H16N2O. The predicted molar refractivity (Wildman–Crippen MR) is 85.1 cm³/mol. The fourth-order valence-corrected chi connectivity index (χ4v) is 2.28. The molecule has 0 saturated heterocycles. The van der Waals surface area contributed by atoms with Crippen LogP contribution in [0.25, 0.3) is 22.5 Å². The zero-order chi connectivity index (χ0) is 14.7. The topological polar surface area (TPSA) is 45.8 Å². The first kappa shape index (κ1) is 13.3. The average molecular weight is 276 g/mol. The molecule has 0 radical (unpaired) electrons. The summed E-state index contributed by atoms with van der Waals surface area (Å²) in [6.45, 7) is 1.99. The van der Waals surface area contributed by atoms with E-state index < -0.39 is 0 Å². The highest BCUT2D eigenvalue weighted by Crippen LogP contribution is 2.22. The van der Waals surface area contributed by atoms with Gasteiger partial charge in [0.15, 0.2) is 0 Å². The maximum absolute atomic E-state index is 11.6. The Hall–Kier alpha value is -2.68. The summed E-state index contributed by atoms with van der Waals surface area (Å²) in [4.78, 5) is 18.9. The van der Waals surface area contributed by atoms with Gasteiger partial charge in [-0.1, -0.05) is 61.5 Å². The normalized spacial score (nSPS) is 10.5. The van der Waals surface area contributed by atoms with Crippen LogP contribution in [0.5, 0.6) is 0 Å². The lowest BCUT2D eigenvalue weighted by atomic mass is 10.0. The van der Waals surface area contributed by atoms with Gasteiger partial charge in [0.05, 0.1) is 0 Å². The molecule has 0 aliphatic rings. The molecule has 1 N–H and O–H groups in total. The van der Waals surface area contributed by atoms with Gasteiger partial charge in [-0.15, -0.1) is 0 Å². The first-order valence-electron chi connectivity index (χ1n) is 7.02. The highest BCUT2D eigenvalue weighted by molar-refractivity contribution is 5.67. The number of aromatic amines is 1. The Morgan fingerprint density at radius 3 is 2.19 bits per heavy atom. The molecule has 0 unspecified atom stereocenters. The van der Waals surface area contributed by atoms with Crippen LogP contribution in [-0.4, -0.2) is 9.97 Å². The van der Waals surface area contributed by atoms with E-state index >= 15 is 0 Å². The van der Waals surface area contributed by atoms with Crippen LogP contribution in [-0.2, 0) is 6.42 Å². The largest absolute Gasteiger partial charge is 0.307 e. The molecule has 0 atom stereocenters. The Morgan fingerprint density at radius 1 is 0.905 bits per heavy atom. The second kappa shape index (κ2) is 5.75. The van der Waals surface area contributed by atoms with E-state index in [0.717, 1.165) is 23.2 Å². The van der Waals surface area contributed by atoms with Crippen molar-refractivity contribution >= 4 is 0 Å². The fourth-order valence-electron chi connectivity index (χ4n) is 2.28. The fraction of sp³-hybridized carbons (Fsp3) is 0.111. The van der Waals surface area contributed by atoms with Crippen molar-refractivity contribution in [3.63, 3.8) is 0 Å².